The number of urea groups is 1. The summed E-state index contributed by atoms with van der Waals surface area (Å²) in [6.07, 6.45) is 6.20. The predicted octanol–water partition coefficient (Wildman–Crippen LogP) is 4.26. The lowest BCUT2D eigenvalue weighted by molar-refractivity contribution is 0.0708. The van der Waals surface area contributed by atoms with Crippen LogP contribution in [0.3, 0.4) is 0 Å². The molecule has 1 saturated heterocycles. The SMILES string of the molecule is O=C(NC1CCCC1)NC1CCN(C(=O)c2ccc(-c3cccs3)cc2)CC1. The van der Waals surface area contributed by atoms with E-state index in [2.05, 4.69) is 22.1 Å². The molecule has 2 fully saturated rings. The topological polar surface area (TPSA) is 61.4 Å². The van der Waals surface area contributed by atoms with Crippen molar-refractivity contribution in [2.75, 3.05) is 13.1 Å². The summed E-state index contributed by atoms with van der Waals surface area (Å²) in [5.41, 5.74) is 1.87. The Hall–Kier alpha value is -2.34. The minimum atomic E-state index is -0.0548. The molecule has 0 radical (unpaired) electrons. The van der Waals surface area contributed by atoms with Crippen LogP contribution in [0.4, 0.5) is 4.79 Å². The maximum atomic E-state index is 12.8. The van der Waals surface area contributed by atoms with Gasteiger partial charge in [-0.1, -0.05) is 31.0 Å². The Balaban J connectivity index is 1.26. The van der Waals surface area contributed by atoms with E-state index in [0.717, 1.165) is 36.8 Å². The minimum absolute atomic E-state index is 0.0548. The number of nitrogens with one attached hydrogen (secondary N) is 2. The van der Waals surface area contributed by atoms with Crippen LogP contribution in [0.25, 0.3) is 10.4 Å². The van der Waals surface area contributed by atoms with Crippen molar-refractivity contribution >= 4 is 23.3 Å². The van der Waals surface area contributed by atoms with E-state index in [9.17, 15) is 9.59 Å². The smallest absolute Gasteiger partial charge is 0.315 e. The number of carbonyl (C=O) groups is 2. The van der Waals surface area contributed by atoms with Gasteiger partial charge in [0.2, 0.25) is 0 Å². The zero-order valence-electron chi connectivity index (χ0n) is 16.0. The summed E-state index contributed by atoms with van der Waals surface area (Å²) in [6, 6.07) is 12.4. The highest BCUT2D eigenvalue weighted by molar-refractivity contribution is 7.13. The van der Waals surface area contributed by atoms with Gasteiger partial charge < -0.3 is 15.5 Å². The van der Waals surface area contributed by atoms with Crippen molar-refractivity contribution in [1.29, 1.82) is 0 Å². The Labute approximate surface area is 170 Å². The van der Waals surface area contributed by atoms with E-state index in [-0.39, 0.29) is 18.0 Å². The van der Waals surface area contributed by atoms with Gasteiger partial charge in [0.25, 0.3) is 5.91 Å². The van der Waals surface area contributed by atoms with Crippen LogP contribution in [0.2, 0.25) is 0 Å². The molecule has 3 amide bonds. The van der Waals surface area contributed by atoms with E-state index in [1.165, 1.54) is 17.7 Å². The normalized spacial score (nSPS) is 18.2. The lowest BCUT2D eigenvalue weighted by atomic mass is 10.0. The second kappa shape index (κ2) is 8.78. The second-order valence-electron chi connectivity index (χ2n) is 7.72. The summed E-state index contributed by atoms with van der Waals surface area (Å²) in [4.78, 5) is 28.0. The van der Waals surface area contributed by atoms with Crippen LogP contribution in [-0.4, -0.2) is 42.0 Å². The third kappa shape index (κ3) is 4.55. The molecule has 1 aromatic heterocycles. The predicted molar refractivity (Wildman–Crippen MR) is 113 cm³/mol. The van der Waals surface area contributed by atoms with Gasteiger partial charge in [-0.05, 0) is 54.8 Å². The van der Waals surface area contributed by atoms with Crippen molar-refractivity contribution in [2.24, 2.45) is 0 Å². The highest BCUT2D eigenvalue weighted by Gasteiger charge is 2.25. The Morgan fingerprint density at radius 2 is 1.54 bits per heavy atom. The molecule has 1 saturated carbocycles. The number of amides is 3. The third-order valence-corrected chi connectivity index (χ3v) is 6.66. The Morgan fingerprint density at radius 1 is 0.893 bits per heavy atom. The molecule has 28 heavy (non-hydrogen) atoms. The van der Waals surface area contributed by atoms with Crippen LogP contribution in [-0.2, 0) is 0 Å². The van der Waals surface area contributed by atoms with Crippen LogP contribution in [0.5, 0.6) is 0 Å². The highest BCUT2D eigenvalue weighted by Crippen LogP contribution is 2.25. The molecular weight excluding hydrogens is 370 g/mol. The van der Waals surface area contributed by atoms with Crippen molar-refractivity contribution in [3.05, 3.63) is 47.3 Å². The summed E-state index contributed by atoms with van der Waals surface area (Å²) in [6.45, 7) is 1.36. The van der Waals surface area contributed by atoms with Crippen molar-refractivity contribution in [3.63, 3.8) is 0 Å². The molecule has 148 valence electrons. The average Bonchev–Trinajstić information content (AvgIpc) is 3.42. The zero-order valence-corrected chi connectivity index (χ0v) is 16.8. The highest BCUT2D eigenvalue weighted by atomic mass is 32.1. The summed E-state index contributed by atoms with van der Waals surface area (Å²) in [7, 11) is 0. The molecular formula is C22H27N3O2S. The van der Waals surface area contributed by atoms with Gasteiger partial charge in [-0.25, -0.2) is 4.79 Å². The van der Waals surface area contributed by atoms with E-state index in [1.54, 1.807) is 11.3 Å². The van der Waals surface area contributed by atoms with Crippen LogP contribution in [0.1, 0.15) is 48.9 Å². The Morgan fingerprint density at radius 3 is 2.14 bits per heavy atom. The molecule has 2 aromatic rings. The van der Waals surface area contributed by atoms with Crippen LogP contribution in [0.15, 0.2) is 41.8 Å². The number of hydrogen-bond acceptors (Lipinski definition) is 3. The number of benzene rings is 1. The third-order valence-electron chi connectivity index (χ3n) is 5.75. The largest absolute Gasteiger partial charge is 0.338 e. The number of carbonyl (C=O) groups excluding carboxylic acids is 2. The van der Waals surface area contributed by atoms with E-state index >= 15 is 0 Å². The molecule has 2 aliphatic rings. The van der Waals surface area contributed by atoms with Gasteiger partial charge in [-0.15, -0.1) is 11.3 Å². The standard InChI is InChI=1S/C22H27N3O2S/c26-21(17-9-7-16(8-10-17)20-6-3-15-28-20)25-13-11-19(12-14-25)24-22(27)23-18-4-1-2-5-18/h3,6-10,15,18-19H,1-2,4-5,11-14H2,(H2,23,24,27). The lowest BCUT2D eigenvalue weighted by Crippen LogP contribution is -2.50. The van der Waals surface area contributed by atoms with Gasteiger partial charge in [0, 0.05) is 35.6 Å². The van der Waals surface area contributed by atoms with Gasteiger partial charge in [0.15, 0.2) is 0 Å². The van der Waals surface area contributed by atoms with Gasteiger partial charge in [0.05, 0.1) is 0 Å². The van der Waals surface area contributed by atoms with Gasteiger partial charge >= 0.3 is 6.03 Å². The van der Waals surface area contributed by atoms with Gasteiger partial charge in [-0.3, -0.25) is 4.79 Å². The van der Waals surface area contributed by atoms with Gasteiger partial charge in [-0.2, -0.15) is 0 Å². The molecule has 1 aromatic carbocycles. The molecule has 0 spiro atoms. The maximum absolute atomic E-state index is 12.8. The molecule has 0 atom stereocenters. The summed E-state index contributed by atoms with van der Waals surface area (Å²) >= 11 is 1.70. The van der Waals surface area contributed by atoms with Crippen molar-refractivity contribution in [3.8, 4) is 10.4 Å². The fourth-order valence-corrected chi connectivity index (χ4v) is 4.85. The molecule has 1 aliphatic heterocycles. The first-order valence-electron chi connectivity index (χ1n) is 10.2. The van der Waals surface area contributed by atoms with Crippen molar-refractivity contribution in [1.82, 2.24) is 15.5 Å². The molecule has 5 nitrogen and oxygen atoms in total. The number of likely N-dealkylation sites (tertiary alicyclic amines) is 1. The average molecular weight is 398 g/mol. The zero-order chi connectivity index (χ0) is 19.3. The number of thiophene rings is 1. The molecule has 2 heterocycles. The van der Waals surface area contributed by atoms with E-state index < -0.39 is 0 Å². The van der Waals surface area contributed by atoms with Gasteiger partial charge in [0.1, 0.15) is 0 Å². The minimum Gasteiger partial charge on any atom is -0.338 e. The molecule has 4 rings (SSSR count). The Kier molecular flexibility index (Phi) is 5.95. The van der Waals surface area contributed by atoms with Crippen molar-refractivity contribution < 1.29 is 9.59 Å². The van der Waals surface area contributed by atoms with E-state index in [4.69, 9.17) is 0 Å². The molecule has 0 unspecified atom stereocenters. The van der Waals surface area contributed by atoms with Crippen LogP contribution in [0, 0.1) is 0 Å². The first-order chi connectivity index (χ1) is 13.7. The van der Waals surface area contributed by atoms with Crippen molar-refractivity contribution in [2.45, 2.75) is 50.6 Å². The van der Waals surface area contributed by atoms with Crippen LogP contribution < -0.4 is 10.6 Å². The number of nitrogens with zero attached hydrogens (tertiary/aromatic N) is 1. The van der Waals surface area contributed by atoms with Crippen LogP contribution >= 0.6 is 11.3 Å². The second-order valence-corrected chi connectivity index (χ2v) is 8.67. The van der Waals surface area contributed by atoms with E-state index in [0.29, 0.717) is 19.1 Å². The number of hydrogen-bond donors (Lipinski definition) is 2. The maximum Gasteiger partial charge on any atom is 0.315 e. The number of piperidine rings is 1. The quantitative estimate of drug-likeness (QED) is 0.810. The Bertz CT molecular complexity index is 790. The first-order valence-corrected chi connectivity index (χ1v) is 11.1. The van der Waals surface area contributed by atoms with E-state index in [1.807, 2.05) is 35.2 Å². The molecule has 2 N–H and O–H groups in total. The fourth-order valence-electron chi connectivity index (χ4n) is 4.11. The monoisotopic (exact) mass is 397 g/mol. The first kappa shape index (κ1) is 19.0. The molecule has 1 aliphatic carbocycles. The fraction of sp³-hybridized carbons (Fsp3) is 0.455. The summed E-state index contributed by atoms with van der Waals surface area (Å²) in [5.74, 6) is 0.0755. The summed E-state index contributed by atoms with van der Waals surface area (Å²) in [5, 5.41) is 8.21. The lowest BCUT2D eigenvalue weighted by Gasteiger charge is -2.32. The molecule has 0 bridgehead atoms. The molecule has 6 heteroatoms. The summed E-state index contributed by atoms with van der Waals surface area (Å²) < 4.78 is 0. The number of rotatable bonds is 4.